The summed E-state index contributed by atoms with van der Waals surface area (Å²) in [5.74, 6) is 2.06. The molecule has 1 atom stereocenters. The van der Waals surface area contributed by atoms with E-state index in [2.05, 4.69) is 15.6 Å². The number of guanidine groups is 1. The number of thioether (sulfide) groups is 1. The summed E-state index contributed by atoms with van der Waals surface area (Å²) < 4.78 is 36.0. The Labute approximate surface area is 177 Å². The lowest BCUT2D eigenvalue weighted by Gasteiger charge is -2.17. The summed E-state index contributed by atoms with van der Waals surface area (Å²) in [5, 5.41) is 6.36. The second-order valence-electron chi connectivity index (χ2n) is 5.87. The van der Waals surface area contributed by atoms with Crippen LogP contribution >= 0.6 is 35.7 Å². The van der Waals surface area contributed by atoms with Crippen LogP contribution in [0, 0.1) is 5.82 Å². The van der Waals surface area contributed by atoms with E-state index >= 15 is 0 Å². The van der Waals surface area contributed by atoms with Gasteiger partial charge >= 0.3 is 0 Å². The molecule has 26 heavy (non-hydrogen) atoms. The second kappa shape index (κ2) is 13.6. The molecule has 1 aromatic carbocycles. The first-order valence-corrected chi connectivity index (χ1v) is 11.6. The van der Waals surface area contributed by atoms with Crippen LogP contribution in [-0.2, 0) is 15.6 Å². The summed E-state index contributed by atoms with van der Waals surface area (Å²) in [7, 11) is -2.96. The Kier molecular flexibility index (Phi) is 13.3. The molecule has 0 fully saturated rings. The highest BCUT2D eigenvalue weighted by Gasteiger charge is 2.09. The average molecular weight is 517 g/mol. The molecule has 0 saturated carbocycles. The van der Waals surface area contributed by atoms with Crippen LogP contribution in [0.5, 0.6) is 0 Å². The van der Waals surface area contributed by atoms with E-state index in [1.165, 1.54) is 12.3 Å². The van der Waals surface area contributed by atoms with Gasteiger partial charge in [-0.2, -0.15) is 11.8 Å². The normalized spacial score (nSPS) is 13.0. The molecule has 1 unspecified atom stereocenters. The summed E-state index contributed by atoms with van der Waals surface area (Å²) in [6.45, 7) is 5.25. The number of hydrogen-bond acceptors (Lipinski definition) is 4. The summed E-state index contributed by atoms with van der Waals surface area (Å²) in [4.78, 5) is 4.48. The summed E-state index contributed by atoms with van der Waals surface area (Å²) >= 11 is 1.63. The minimum absolute atomic E-state index is 0. The predicted octanol–water partition coefficient (Wildman–Crippen LogP) is 3.06. The quantitative estimate of drug-likeness (QED) is 0.216. The molecule has 0 bridgehead atoms. The van der Waals surface area contributed by atoms with Crippen LogP contribution in [0.25, 0.3) is 0 Å². The van der Waals surface area contributed by atoms with Crippen LogP contribution in [0.4, 0.5) is 4.39 Å². The average Bonchev–Trinajstić information content (AvgIpc) is 2.54. The Morgan fingerprint density at radius 1 is 1.35 bits per heavy atom. The predicted molar refractivity (Wildman–Crippen MR) is 121 cm³/mol. The zero-order valence-electron chi connectivity index (χ0n) is 15.5. The van der Waals surface area contributed by atoms with Crippen molar-refractivity contribution in [2.45, 2.75) is 32.1 Å². The SMILES string of the molecule is CCNC(=NCCSCc1ccccc1F)NC(C)CCS(C)(=O)=O.I. The van der Waals surface area contributed by atoms with Crippen LogP contribution in [0.15, 0.2) is 29.3 Å². The van der Waals surface area contributed by atoms with Gasteiger partial charge in [-0.3, -0.25) is 4.99 Å². The minimum atomic E-state index is -2.96. The highest BCUT2D eigenvalue weighted by molar-refractivity contribution is 14.0. The first-order valence-electron chi connectivity index (χ1n) is 8.35. The molecular weight excluding hydrogens is 488 g/mol. The Bertz CT molecular complexity index is 657. The van der Waals surface area contributed by atoms with Crippen molar-refractivity contribution < 1.29 is 12.8 Å². The topological polar surface area (TPSA) is 70.6 Å². The lowest BCUT2D eigenvalue weighted by molar-refractivity contribution is 0.581. The molecule has 9 heteroatoms. The van der Waals surface area contributed by atoms with E-state index in [0.29, 0.717) is 30.2 Å². The van der Waals surface area contributed by atoms with E-state index in [1.807, 2.05) is 19.9 Å². The van der Waals surface area contributed by atoms with Crippen molar-refractivity contribution in [1.29, 1.82) is 0 Å². The highest BCUT2D eigenvalue weighted by atomic mass is 127. The van der Waals surface area contributed by atoms with Crippen LogP contribution < -0.4 is 10.6 Å². The van der Waals surface area contributed by atoms with Gasteiger partial charge in [-0.05, 0) is 31.9 Å². The van der Waals surface area contributed by atoms with Gasteiger partial charge in [0.15, 0.2) is 5.96 Å². The van der Waals surface area contributed by atoms with Crippen molar-refractivity contribution in [2.24, 2.45) is 4.99 Å². The van der Waals surface area contributed by atoms with Crippen LogP contribution in [0.2, 0.25) is 0 Å². The van der Waals surface area contributed by atoms with Crippen molar-refractivity contribution in [1.82, 2.24) is 10.6 Å². The van der Waals surface area contributed by atoms with Crippen molar-refractivity contribution in [3.8, 4) is 0 Å². The molecule has 0 heterocycles. The number of hydrogen-bond donors (Lipinski definition) is 2. The maximum atomic E-state index is 13.5. The Hall–Kier alpha value is -0.550. The molecule has 0 radical (unpaired) electrons. The zero-order valence-corrected chi connectivity index (χ0v) is 19.5. The fraction of sp³-hybridized carbons (Fsp3) is 0.588. The Morgan fingerprint density at radius 3 is 2.65 bits per heavy atom. The third-order valence-corrected chi connectivity index (χ3v) is 5.33. The third-order valence-electron chi connectivity index (χ3n) is 3.37. The Morgan fingerprint density at radius 2 is 2.04 bits per heavy atom. The van der Waals surface area contributed by atoms with E-state index < -0.39 is 9.84 Å². The van der Waals surface area contributed by atoms with Crippen molar-refractivity contribution >= 4 is 51.5 Å². The smallest absolute Gasteiger partial charge is 0.191 e. The zero-order chi connectivity index (χ0) is 18.7. The molecule has 0 saturated heterocycles. The summed E-state index contributed by atoms with van der Waals surface area (Å²) in [5.41, 5.74) is 0.705. The molecular formula is C17H29FIN3O2S2. The lowest BCUT2D eigenvalue weighted by Crippen LogP contribution is -2.43. The standard InChI is InChI=1S/C17H28FN3O2S2.HI/c1-4-19-17(21-14(2)9-12-25(3,22)23)20-10-11-24-13-15-7-5-6-8-16(15)18;/h5-8,14H,4,9-13H2,1-3H3,(H2,19,20,21);1H. The Balaban J connectivity index is 0.00000625. The maximum absolute atomic E-state index is 13.5. The molecule has 5 nitrogen and oxygen atoms in total. The number of nitrogens with zero attached hydrogens (tertiary/aromatic N) is 1. The van der Waals surface area contributed by atoms with Crippen LogP contribution in [-0.4, -0.2) is 51.3 Å². The fourth-order valence-electron chi connectivity index (χ4n) is 2.04. The first-order chi connectivity index (χ1) is 11.8. The fourth-order valence-corrected chi connectivity index (χ4v) is 3.64. The number of rotatable bonds is 10. The highest BCUT2D eigenvalue weighted by Crippen LogP contribution is 2.14. The van der Waals surface area contributed by atoms with Gasteiger partial charge in [0.05, 0.1) is 12.3 Å². The largest absolute Gasteiger partial charge is 0.357 e. The van der Waals surface area contributed by atoms with Gasteiger partial charge in [-0.15, -0.1) is 24.0 Å². The molecule has 0 aromatic heterocycles. The maximum Gasteiger partial charge on any atom is 0.191 e. The van der Waals surface area contributed by atoms with Gasteiger partial charge in [0, 0.05) is 30.3 Å². The molecule has 150 valence electrons. The molecule has 1 aromatic rings. The van der Waals surface area contributed by atoms with Crippen molar-refractivity contribution in [3.63, 3.8) is 0 Å². The number of aliphatic imine (C=N–C) groups is 1. The lowest BCUT2D eigenvalue weighted by atomic mass is 10.2. The minimum Gasteiger partial charge on any atom is -0.357 e. The number of sulfone groups is 1. The van der Waals surface area contributed by atoms with Crippen LogP contribution in [0.1, 0.15) is 25.8 Å². The van der Waals surface area contributed by atoms with E-state index in [0.717, 1.165) is 12.3 Å². The van der Waals surface area contributed by atoms with Crippen molar-refractivity contribution in [2.75, 3.05) is 30.9 Å². The van der Waals surface area contributed by atoms with Gasteiger partial charge in [0.25, 0.3) is 0 Å². The number of benzene rings is 1. The monoisotopic (exact) mass is 517 g/mol. The van der Waals surface area contributed by atoms with Crippen LogP contribution in [0.3, 0.4) is 0 Å². The third kappa shape index (κ3) is 11.9. The molecule has 0 amide bonds. The van der Waals surface area contributed by atoms with Gasteiger partial charge in [0.1, 0.15) is 15.7 Å². The van der Waals surface area contributed by atoms with Gasteiger partial charge in [-0.25, -0.2) is 12.8 Å². The van der Waals surface area contributed by atoms with E-state index in [1.54, 1.807) is 23.9 Å². The second-order valence-corrected chi connectivity index (χ2v) is 9.23. The van der Waals surface area contributed by atoms with Gasteiger partial charge < -0.3 is 10.6 Å². The molecule has 0 spiro atoms. The molecule has 1 rings (SSSR count). The molecule has 0 aliphatic rings. The van der Waals surface area contributed by atoms with Gasteiger partial charge in [0.2, 0.25) is 0 Å². The molecule has 0 aliphatic carbocycles. The number of halogens is 2. The summed E-state index contributed by atoms with van der Waals surface area (Å²) in [6.07, 6.45) is 1.77. The summed E-state index contributed by atoms with van der Waals surface area (Å²) in [6, 6.07) is 6.80. The van der Waals surface area contributed by atoms with Crippen molar-refractivity contribution in [3.05, 3.63) is 35.6 Å². The van der Waals surface area contributed by atoms with Gasteiger partial charge in [-0.1, -0.05) is 18.2 Å². The molecule has 2 N–H and O–H groups in total. The van der Waals surface area contributed by atoms with E-state index in [-0.39, 0.29) is 41.6 Å². The molecule has 0 aliphatic heterocycles. The number of nitrogens with one attached hydrogen (secondary N) is 2. The van der Waals surface area contributed by atoms with E-state index in [4.69, 9.17) is 0 Å². The van der Waals surface area contributed by atoms with E-state index in [9.17, 15) is 12.8 Å². The first kappa shape index (κ1) is 25.4.